The Morgan fingerprint density at radius 1 is 1.55 bits per heavy atom. The van der Waals surface area contributed by atoms with Crippen LogP contribution < -0.4 is 5.32 Å². The van der Waals surface area contributed by atoms with Gasteiger partial charge in [0.25, 0.3) is 5.91 Å². The lowest BCUT2D eigenvalue weighted by Gasteiger charge is -2.19. The minimum Gasteiger partial charge on any atom is -0.467 e. The summed E-state index contributed by atoms with van der Waals surface area (Å²) in [4.78, 5) is 25.5. The Morgan fingerprint density at radius 3 is 2.95 bits per heavy atom. The number of rotatable bonds is 4. The fraction of sp³-hybridized carbons (Fsp3) is 0.600. The molecule has 0 radical (unpaired) electrons. The largest absolute Gasteiger partial charge is 0.467 e. The van der Waals surface area contributed by atoms with Gasteiger partial charge < -0.3 is 10.1 Å². The number of methoxy groups -OCH3 is 1. The summed E-state index contributed by atoms with van der Waals surface area (Å²) >= 11 is 1.55. The lowest BCUT2D eigenvalue weighted by Crippen LogP contribution is -2.38. The fourth-order valence-electron chi connectivity index (χ4n) is 2.56. The van der Waals surface area contributed by atoms with Gasteiger partial charge in [-0.2, -0.15) is 0 Å². The molecule has 1 aliphatic carbocycles. The van der Waals surface area contributed by atoms with Gasteiger partial charge in [-0.3, -0.25) is 4.79 Å². The van der Waals surface area contributed by atoms with E-state index in [-0.39, 0.29) is 5.91 Å². The highest BCUT2D eigenvalue weighted by Gasteiger charge is 2.23. The van der Waals surface area contributed by atoms with Crippen LogP contribution in [0.3, 0.4) is 0 Å². The van der Waals surface area contributed by atoms with Crippen molar-refractivity contribution in [1.82, 2.24) is 5.32 Å². The van der Waals surface area contributed by atoms with E-state index in [0.29, 0.717) is 4.88 Å². The number of aryl methyl sites for hydroxylation is 1. The molecule has 4 nitrogen and oxygen atoms in total. The zero-order valence-electron chi connectivity index (χ0n) is 12.2. The third-order valence-electron chi connectivity index (χ3n) is 3.89. The summed E-state index contributed by atoms with van der Waals surface area (Å²) in [7, 11) is 1.32. The van der Waals surface area contributed by atoms with Crippen molar-refractivity contribution in [1.29, 1.82) is 0 Å². The fourth-order valence-corrected chi connectivity index (χ4v) is 3.67. The molecule has 1 amide bonds. The highest BCUT2D eigenvalue weighted by Crippen LogP contribution is 2.33. The molecule has 2 atom stereocenters. The number of ether oxygens (including phenoxy) is 1. The molecule has 0 spiro atoms. The Bertz CT molecular complexity index is 509. The molecule has 0 aromatic carbocycles. The Balaban J connectivity index is 2.05. The van der Waals surface area contributed by atoms with E-state index in [2.05, 4.69) is 17.0 Å². The van der Waals surface area contributed by atoms with Crippen molar-refractivity contribution >= 4 is 23.2 Å². The number of amides is 1. The van der Waals surface area contributed by atoms with E-state index in [1.54, 1.807) is 18.3 Å². The molecule has 2 unspecified atom stereocenters. The minimum atomic E-state index is -0.616. The Labute approximate surface area is 123 Å². The summed E-state index contributed by atoms with van der Waals surface area (Å²) in [6, 6.07) is 1.37. The van der Waals surface area contributed by atoms with Gasteiger partial charge >= 0.3 is 5.97 Å². The Kier molecular flexibility index (Phi) is 4.81. The molecule has 1 heterocycles. The molecule has 0 saturated heterocycles. The monoisotopic (exact) mass is 295 g/mol. The normalized spacial score (nSPS) is 19.1. The average Bonchev–Trinajstić information content (AvgIpc) is 2.88. The third-order valence-corrected chi connectivity index (χ3v) is 5.12. The van der Waals surface area contributed by atoms with Gasteiger partial charge in [0.15, 0.2) is 0 Å². The van der Waals surface area contributed by atoms with E-state index in [9.17, 15) is 9.59 Å². The van der Waals surface area contributed by atoms with Crippen molar-refractivity contribution in [3.05, 3.63) is 21.4 Å². The lowest BCUT2D eigenvalue weighted by atomic mass is 9.87. The van der Waals surface area contributed by atoms with E-state index >= 15 is 0 Å². The topological polar surface area (TPSA) is 55.4 Å². The number of hydrogen-bond donors (Lipinski definition) is 1. The molecule has 1 aromatic heterocycles. The third kappa shape index (κ3) is 3.20. The van der Waals surface area contributed by atoms with Crippen LogP contribution in [0.15, 0.2) is 6.07 Å². The molecule has 1 aliphatic rings. The van der Waals surface area contributed by atoms with Crippen molar-refractivity contribution < 1.29 is 14.3 Å². The van der Waals surface area contributed by atoms with Crippen LogP contribution in [-0.2, 0) is 22.4 Å². The van der Waals surface area contributed by atoms with Gasteiger partial charge in [-0.25, -0.2) is 4.79 Å². The van der Waals surface area contributed by atoms with Crippen LogP contribution in [0.25, 0.3) is 0 Å². The van der Waals surface area contributed by atoms with Gasteiger partial charge in [0.05, 0.1) is 12.0 Å². The summed E-state index contributed by atoms with van der Waals surface area (Å²) < 4.78 is 4.61. The second-order valence-electron chi connectivity index (χ2n) is 5.29. The van der Waals surface area contributed by atoms with Gasteiger partial charge in [0.1, 0.15) is 6.04 Å². The van der Waals surface area contributed by atoms with E-state index in [0.717, 1.165) is 18.8 Å². The molecule has 0 saturated carbocycles. The number of carbonyl (C=O) groups excluding carboxylic acids is 2. The van der Waals surface area contributed by atoms with Crippen molar-refractivity contribution in [3.8, 4) is 0 Å². The maximum absolute atomic E-state index is 12.1. The van der Waals surface area contributed by atoms with Crippen LogP contribution in [0.5, 0.6) is 0 Å². The Hall–Kier alpha value is -1.36. The van der Waals surface area contributed by atoms with Crippen molar-refractivity contribution in [2.75, 3.05) is 7.11 Å². The molecular weight excluding hydrogens is 274 g/mol. The molecule has 5 heteroatoms. The number of carbonyl (C=O) groups is 2. The molecule has 1 aromatic rings. The molecule has 20 heavy (non-hydrogen) atoms. The molecule has 1 N–H and O–H groups in total. The van der Waals surface area contributed by atoms with Crippen molar-refractivity contribution in [2.45, 2.75) is 45.6 Å². The first-order valence-electron chi connectivity index (χ1n) is 7.05. The summed E-state index contributed by atoms with van der Waals surface area (Å²) in [5, 5.41) is 2.68. The molecule has 110 valence electrons. The highest BCUT2D eigenvalue weighted by atomic mass is 32.1. The predicted octanol–water partition coefficient (Wildman–Crippen LogP) is 2.55. The maximum Gasteiger partial charge on any atom is 0.328 e. The SMILES string of the molecule is CCC1CCc2sc(C(=O)NC(C)C(=O)OC)cc2C1. The molecule has 2 rings (SSSR count). The van der Waals surface area contributed by atoms with Crippen LogP contribution in [0.2, 0.25) is 0 Å². The van der Waals surface area contributed by atoms with Crippen LogP contribution in [0, 0.1) is 5.92 Å². The van der Waals surface area contributed by atoms with E-state index in [1.165, 1.54) is 30.4 Å². The van der Waals surface area contributed by atoms with Crippen LogP contribution >= 0.6 is 11.3 Å². The molecule has 0 bridgehead atoms. The number of esters is 1. The predicted molar refractivity (Wildman–Crippen MR) is 79.1 cm³/mol. The zero-order valence-corrected chi connectivity index (χ0v) is 13.0. The van der Waals surface area contributed by atoms with Crippen LogP contribution in [0.4, 0.5) is 0 Å². The number of thiophene rings is 1. The van der Waals surface area contributed by atoms with Gasteiger partial charge in [-0.05, 0) is 43.7 Å². The molecule has 0 fully saturated rings. The minimum absolute atomic E-state index is 0.185. The standard InChI is InChI=1S/C15H21NO3S/c1-4-10-5-6-12-11(7-10)8-13(20-12)14(17)16-9(2)15(18)19-3/h8-10H,4-7H2,1-3H3,(H,16,17). The quantitative estimate of drug-likeness (QED) is 0.869. The summed E-state index contributed by atoms with van der Waals surface area (Å²) in [6.45, 7) is 3.85. The van der Waals surface area contributed by atoms with Crippen LogP contribution in [-0.4, -0.2) is 25.0 Å². The maximum atomic E-state index is 12.1. The Morgan fingerprint density at radius 2 is 2.30 bits per heavy atom. The van der Waals surface area contributed by atoms with Gasteiger partial charge in [-0.1, -0.05) is 13.3 Å². The lowest BCUT2D eigenvalue weighted by molar-refractivity contribution is -0.142. The zero-order chi connectivity index (χ0) is 14.7. The van der Waals surface area contributed by atoms with E-state index < -0.39 is 12.0 Å². The van der Waals surface area contributed by atoms with Crippen molar-refractivity contribution in [3.63, 3.8) is 0 Å². The second kappa shape index (κ2) is 6.39. The first kappa shape index (κ1) is 15.0. The van der Waals surface area contributed by atoms with Gasteiger partial charge in [-0.15, -0.1) is 11.3 Å². The summed E-state index contributed by atoms with van der Waals surface area (Å²) in [5.74, 6) is 0.128. The van der Waals surface area contributed by atoms with Gasteiger partial charge in [0.2, 0.25) is 0 Å². The summed E-state index contributed by atoms with van der Waals surface area (Å²) in [6.07, 6.45) is 4.54. The van der Waals surface area contributed by atoms with Crippen molar-refractivity contribution in [2.24, 2.45) is 5.92 Å². The average molecular weight is 295 g/mol. The van der Waals surface area contributed by atoms with E-state index in [4.69, 9.17) is 0 Å². The number of nitrogens with one attached hydrogen (secondary N) is 1. The first-order valence-corrected chi connectivity index (χ1v) is 7.87. The van der Waals surface area contributed by atoms with E-state index in [1.807, 2.05) is 6.07 Å². The molecule has 0 aliphatic heterocycles. The molecular formula is C15H21NO3S. The smallest absolute Gasteiger partial charge is 0.328 e. The highest BCUT2D eigenvalue weighted by molar-refractivity contribution is 7.14. The second-order valence-corrected chi connectivity index (χ2v) is 6.43. The first-order chi connectivity index (χ1) is 9.55. The number of hydrogen-bond acceptors (Lipinski definition) is 4. The van der Waals surface area contributed by atoms with Gasteiger partial charge in [0, 0.05) is 4.88 Å². The van der Waals surface area contributed by atoms with Crippen LogP contribution in [0.1, 0.15) is 46.8 Å². The number of fused-ring (bicyclic) bond motifs is 1. The summed E-state index contributed by atoms with van der Waals surface area (Å²) in [5.41, 5.74) is 1.31.